The summed E-state index contributed by atoms with van der Waals surface area (Å²) in [7, 11) is 1.35. The van der Waals surface area contributed by atoms with Gasteiger partial charge in [0.2, 0.25) is 10.0 Å². The lowest BCUT2D eigenvalue weighted by atomic mass is 9.65. The van der Waals surface area contributed by atoms with Gasteiger partial charge < -0.3 is 28.6 Å². The van der Waals surface area contributed by atoms with Gasteiger partial charge in [0, 0.05) is 43.7 Å². The van der Waals surface area contributed by atoms with Gasteiger partial charge in [-0.3, -0.25) is 0 Å². The normalized spacial score (nSPS) is 22.6. The van der Waals surface area contributed by atoms with Crippen LogP contribution in [0.15, 0.2) is 96.6 Å². The van der Waals surface area contributed by atoms with Gasteiger partial charge in [-0.05, 0) is 173 Å². The number of ether oxygens (including phenoxy) is 5. The summed E-state index contributed by atoms with van der Waals surface area (Å²) in [5.41, 5.74) is 6.17. The van der Waals surface area contributed by atoms with Crippen LogP contribution in [0.1, 0.15) is 98.8 Å². The van der Waals surface area contributed by atoms with Crippen LogP contribution in [-0.4, -0.2) is 76.7 Å². The average molecular weight is 926 g/mol. The molecule has 1 aliphatic heterocycles. The molecule has 1 fully saturated rings. The molecular weight excluding hydrogens is 860 g/mol. The Kier molecular flexibility index (Phi) is 14.0. The lowest BCUT2D eigenvalue weighted by Crippen LogP contribution is -2.50. The van der Waals surface area contributed by atoms with Gasteiger partial charge in [0.25, 0.3) is 0 Å². The summed E-state index contributed by atoms with van der Waals surface area (Å²) in [6, 6.07) is 27.1. The Hall–Kier alpha value is -4.55. The molecule has 0 radical (unpaired) electrons. The fourth-order valence-electron chi connectivity index (χ4n) is 10.5. The maximum atomic E-state index is 14.4. The Morgan fingerprint density at radius 1 is 0.923 bits per heavy atom. The van der Waals surface area contributed by atoms with E-state index >= 15 is 0 Å². The minimum absolute atomic E-state index is 0.0548. The van der Waals surface area contributed by atoms with E-state index < -0.39 is 20.9 Å². The van der Waals surface area contributed by atoms with Crippen molar-refractivity contribution in [1.82, 2.24) is 4.31 Å². The largest absolute Gasteiger partial charge is 0.497 e. The zero-order valence-corrected chi connectivity index (χ0v) is 40.6. The zero-order chi connectivity index (χ0) is 46.1. The number of aryl methyl sites for hydroxylation is 1. The lowest BCUT2D eigenvalue weighted by Gasteiger charge is -2.48. The van der Waals surface area contributed by atoms with Crippen molar-refractivity contribution in [2.75, 3.05) is 45.9 Å². The van der Waals surface area contributed by atoms with E-state index in [2.05, 4.69) is 23.1 Å². The second kappa shape index (κ2) is 19.4. The van der Waals surface area contributed by atoms with Gasteiger partial charge in [-0.1, -0.05) is 48.0 Å². The lowest BCUT2D eigenvalue weighted by molar-refractivity contribution is 0.000410. The summed E-state index contributed by atoms with van der Waals surface area (Å²) in [6.07, 6.45) is 8.67. The second-order valence-corrected chi connectivity index (χ2v) is 22.5. The maximum absolute atomic E-state index is 14.4. The van der Waals surface area contributed by atoms with Crippen LogP contribution in [0.3, 0.4) is 0 Å². The predicted octanol–water partition coefficient (Wildman–Crippen LogP) is 10.6. The summed E-state index contributed by atoms with van der Waals surface area (Å²) in [5.74, 6) is 2.64. The number of allylic oxidation sites excluding steroid dienone is 1. The molecule has 8 rings (SSSR count). The van der Waals surface area contributed by atoms with E-state index in [0.717, 1.165) is 90.7 Å². The highest BCUT2D eigenvalue weighted by Crippen LogP contribution is 2.49. The van der Waals surface area contributed by atoms with Gasteiger partial charge in [0.15, 0.2) is 0 Å². The van der Waals surface area contributed by atoms with E-state index in [0.29, 0.717) is 30.4 Å². The molecule has 0 bridgehead atoms. The molecule has 12 heteroatoms. The van der Waals surface area contributed by atoms with E-state index in [-0.39, 0.29) is 36.5 Å². The second-order valence-electron chi connectivity index (χ2n) is 19.7. The average Bonchev–Trinajstić information content (AvgIpc) is 3.41. The van der Waals surface area contributed by atoms with Crippen LogP contribution in [0.2, 0.25) is 5.02 Å². The van der Waals surface area contributed by atoms with Crippen molar-refractivity contribution in [1.29, 1.82) is 0 Å². The van der Waals surface area contributed by atoms with Gasteiger partial charge in [-0.2, -0.15) is 4.31 Å². The standard InChI is InChI=1S/C53H65ClN2O8S/c1-35(65(58,59)56(30-36-10-17-44(60-5)18-11-36)31-37-12-19-45(61-6)20-13-37)25-38-26-42(27-38)50(62-7)46-21-14-41(46)32-55-33-53(24-8-9-39-28-43(54)16-22-47(39)53)34-63-49-23-15-40(29-48(49)55)51(57)64-52(2,3)4/h10-13,15-20,22-23,26,28-29,35,38,41,46,50H,8-9,14,21,24-25,27,30-34H2,1-7H3/t35-,38+,41+,46-,50+,53+/m1/s1. The topological polar surface area (TPSA) is 104 Å². The first-order valence-electron chi connectivity index (χ1n) is 23.1. The highest BCUT2D eigenvalue weighted by atomic mass is 35.5. The highest BCUT2D eigenvalue weighted by molar-refractivity contribution is 7.89. The third-order valence-corrected chi connectivity index (χ3v) is 16.5. The molecule has 3 aliphatic carbocycles. The monoisotopic (exact) mass is 924 g/mol. The third-order valence-electron chi connectivity index (χ3n) is 14.1. The Labute approximate surface area is 391 Å². The molecule has 1 heterocycles. The number of nitrogens with zero attached hydrogens (tertiary/aromatic N) is 2. The number of sulfonamides is 1. The first-order chi connectivity index (χ1) is 31.1. The Morgan fingerprint density at radius 3 is 2.17 bits per heavy atom. The van der Waals surface area contributed by atoms with Crippen LogP contribution in [0, 0.1) is 17.8 Å². The molecule has 0 saturated heterocycles. The zero-order valence-electron chi connectivity index (χ0n) is 39.0. The molecule has 0 amide bonds. The minimum atomic E-state index is -3.70. The van der Waals surface area contributed by atoms with E-state index in [1.807, 2.05) is 100 Å². The number of carbonyl (C=O) groups is 1. The Morgan fingerprint density at radius 2 is 1.58 bits per heavy atom. The van der Waals surface area contributed by atoms with Crippen molar-refractivity contribution in [2.24, 2.45) is 17.8 Å². The fraction of sp³-hybridized carbons (Fsp3) is 0.491. The predicted molar refractivity (Wildman–Crippen MR) is 257 cm³/mol. The summed E-state index contributed by atoms with van der Waals surface area (Å²) >= 11 is 6.53. The number of anilines is 1. The fourth-order valence-corrected chi connectivity index (χ4v) is 12.4. The number of fused-ring (bicyclic) bond motifs is 3. The minimum Gasteiger partial charge on any atom is -0.497 e. The molecular formula is C53H65ClN2O8S. The van der Waals surface area contributed by atoms with E-state index in [9.17, 15) is 13.2 Å². The Balaban J connectivity index is 0.991. The summed E-state index contributed by atoms with van der Waals surface area (Å²) in [6.45, 7) is 10.1. The van der Waals surface area contributed by atoms with Crippen LogP contribution in [0.25, 0.3) is 0 Å². The van der Waals surface area contributed by atoms with Gasteiger partial charge in [-0.15, -0.1) is 0 Å². The summed E-state index contributed by atoms with van der Waals surface area (Å²) < 4.78 is 60.1. The molecule has 348 valence electrons. The van der Waals surface area contributed by atoms with Gasteiger partial charge in [0.1, 0.15) is 22.8 Å². The van der Waals surface area contributed by atoms with Crippen molar-refractivity contribution < 1.29 is 36.9 Å². The summed E-state index contributed by atoms with van der Waals surface area (Å²) in [4.78, 5) is 15.9. The van der Waals surface area contributed by atoms with Crippen LogP contribution < -0.4 is 19.1 Å². The first kappa shape index (κ1) is 47.0. The van der Waals surface area contributed by atoms with Crippen molar-refractivity contribution in [3.63, 3.8) is 0 Å². The molecule has 1 spiro atoms. The van der Waals surface area contributed by atoms with Crippen LogP contribution in [-0.2, 0) is 44.4 Å². The van der Waals surface area contributed by atoms with Crippen LogP contribution in [0.5, 0.6) is 17.2 Å². The van der Waals surface area contributed by atoms with Gasteiger partial charge >= 0.3 is 5.97 Å². The van der Waals surface area contributed by atoms with Crippen molar-refractivity contribution >= 4 is 33.3 Å². The number of methoxy groups -OCH3 is 3. The SMILES string of the molecule is COc1ccc(CN(Cc2ccc(OC)cc2)S(=O)(=O)[C@H](C)C[C@H]2C=C([C@H](OC)[C@@H]3CC[C@H]3CN3C[C@@]4(CCCc5cc(Cl)ccc54)COc4ccc(C(=O)OC(C)(C)C)cc43)C2)cc1. The molecule has 4 aliphatic rings. The van der Waals surface area contributed by atoms with E-state index in [1.165, 1.54) is 16.7 Å². The number of hydrogen-bond acceptors (Lipinski definition) is 9. The smallest absolute Gasteiger partial charge is 0.338 e. The molecule has 6 atom stereocenters. The molecule has 0 aromatic heterocycles. The number of benzene rings is 4. The van der Waals surface area contributed by atoms with Gasteiger partial charge in [0.05, 0.1) is 43.4 Å². The quantitative estimate of drug-likeness (QED) is 0.0803. The molecule has 0 N–H and O–H groups in total. The molecule has 4 aromatic rings. The van der Waals surface area contributed by atoms with Gasteiger partial charge in [-0.25, -0.2) is 13.2 Å². The molecule has 4 aromatic carbocycles. The number of esters is 1. The Bertz CT molecular complexity index is 2420. The van der Waals surface area contributed by atoms with Crippen molar-refractivity contribution in [3.05, 3.63) is 129 Å². The van der Waals surface area contributed by atoms with E-state index in [1.54, 1.807) is 25.6 Å². The molecule has 1 saturated carbocycles. The molecule has 65 heavy (non-hydrogen) atoms. The van der Waals surface area contributed by atoms with Crippen LogP contribution in [0.4, 0.5) is 5.69 Å². The number of rotatable bonds is 16. The maximum Gasteiger partial charge on any atom is 0.338 e. The molecule has 10 nitrogen and oxygen atoms in total. The summed E-state index contributed by atoms with van der Waals surface area (Å²) in [5, 5.41) is 0.156. The number of hydrogen-bond donors (Lipinski definition) is 0. The van der Waals surface area contributed by atoms with Crippen molar-refractivity contribution in [2.45, 2.75) is 108 Å². The number of halogens is 1. The van der Waals surface area contributed by atoms with Crippen LogP contribution >= 0.6 is 11.6 Å². The van der Waals surface area contributed by atoms with Crippen molar-refractivity contribution in [3.8, 4) is 17.2 Å². The molecule has 0 unspecified atom stereocenters. The first-order valence-corrected chi connectivity index (χ1v) is 25.0. The highest BCUT2D eigenvalue weighted by Gasteiger charge is 2.46. The third kappa shape index (κ3) is 10.4. The van der Waals surface area contributed by atoms with E-state index in [4.69, 9.17) is 35.3 Å². The number of carbonyl (C=O) groups excluding carboxylic acids is 1.